The first-order valence-corrected chi connectivity index (χ1v) is 11.9. The fourth-order valence-electron chi connectivity index (χ4n) is 2.83. The molecular formula is C23H39BrN2O3. The maximum absolute atomic E-state index is 10.1. The van der Waals surface area contributed by atoms with E-state index in [9.17, 15) is 9.90 Å². The van der Waals surface area contributed by atoms with Crippen molar-refractivity contribution in [2.24, 2.45) is 5.73 Å². The van der Waals surface area contributed by atoms with Gasteiger partial charge in [0.25, 0.3) is 0 Å². The minimum Gasteiger partial charge on any atom is -0.545 e. The Balaban J connectivity index is 0.000000665. The number of aromatic nitrogens is 1. The van der Waals surface area contributed by atoms with Gasteiger partial charge < -0.3 is 20.7 Å². The lowest BCUT2D eigenvalue weighted by atomic mass is 10.1. The summed E-state index contributed by atoms with van der Waals surface area (Å²) in [5.74, 6) is -1.29. The van der Waals surface area contributed by atoms with Crippen LogP contribution in [0.15, 0.2) is 41.9 Å². The number of carbonyl (C=O) groups is 1. The summed E-state index contributed by atoms with van der Waals surface area (Å²) in [6.45, 7) is 2.38. The van der Waals surface area contributed by atoms with Crippen molar-refractivity contribution < 1.29 is 19.6 Å². The maximum Gasteiger partial charge on any atom is 0.168 e. The number of nitrogens with zero attached hydrogens (tertiary/aromatic N) is 1. The van der Waals surface area contributed by atoms with Gasteiger partial charge in [-0.15, -0.1) is 0 Å². The van der Waals surface area contributed by atoms with E-state index in [-0.39, 0.29) is 24.3 Å². The Hall–Kier alpha value is -1.40. The third kappa shape index (κ3) is 17.2. The molecule has 1 heterocycles. The number of hydrogen-bond acceptors (Lipinski definition) is 4. The van der Waals surface area contributed by atoms with E-state index in [2.05, 4.69) is 51.1 Å². The molecule has 29 heavy (non-hydrogen) atoms. The average molecular weight is 471 g/mol. The van der Waals surface area contributed by atoms with Crippen LogP contribution in [0, 0.1) is 0 Å². The first-order chi connectivity index (χ1) is 14.0. The van der Waals surface area contributed by atoms with Gasteiger partial charge in [-0.3, -0.25) is 0 Å². The largest absolute Gasteiger partial charge is 0.545 e. The Bertz CT molecular complexity index is 550. The molecule has 0 aliphatic heterocycles. The molecule has 166 valence electrons. The minimum atomic E-state index is -1.29. The molecule has 0 saturated carbocycles. The van der Waals surface area contributed by atoms with Gasteiger partial charge in [-0.2, -0.15) is 0 Å². The minimum absolute atomic E-state index is 0.00551. The molecule has 0 spiro atoms. The molecule has 0 aliphatic rings. The fourth-order valence-corrected chi connectivity index (χ4v) is 3.22. The molecular weight excluding hydrogens is 432 g/mol. The number of halogens is 1. The van der Waals surface area contributed by atoms with E-state index in [0.29, 0.717) is 0 Å². The highest BCUT2D eigenvalue weighted by Gasteiger charge is 1.98. The molecule has 0 amide bonds. The van der Waals surface area contributed by atoms with E-state index < -0.39 is 5.97 Å². The second-order valence-electron chi connectivity index (χ2n) is 7.25. The topological polar surface area (TPSA) is 90.3 Å². The van der Waals surface area contributed by atoms with Crippen molar-refractivity contribution in [1.82, 2.24) is 0 Å². The number of nitrogens with two attached hydrogens (primary N) is 1. The van der Waals surface area contributed by atoms with Gasteiger partial charge in [-0.1, -0.05) is 66.9 Å². The number of carboxylic acid groups (broad SMARTS) is 1. The van der Waals surface area contributed by atoms with Crippen LogP contribution >= 0.6 is 15.9 Å². The number of pyridine rings is 1. The van der Waals surface area contributed by atoms with Gasteiger partial charge in [0, 0.05) is 42.6 Å². The van der Waals surface area contributed by atoms with Crippen LogP contribution in [0.1, 0.15) is 77.6 Å². The molecule has 5 nitrogen and oxygen atoms in total. The van der Waals surface area contributed by atoms with E-state index in [4.69, 9.17) is 10.8 Å². The lowest BCUT2D eigenvalue weighted by Crippen LogP contribution is -2.32. The summed E-state index contributed by atoms with van der Waals surface area (Å²) in [4.78, 5) is 10.1. The second kappa shape index (κ2) is 19.9. The number of aryl methyl sites for hydroxylation is 1. The van der Waals surface area contributed by atoms with Gasteiger partial charge in [0.15, 0.2) is 12.4 Å². The van der Waals surface area contributed by atoms with Crippen molar-refractivity contribution in [3.63, 3.8) is 0 Å². The van der Waals surface area contributed by atoms with Crippen molar-refractivity contribution >= 4 is 21.9 Å². The van der Waals surface area contributed by atoms with E-state index in [0.717, 1.165) is 0 Å². The van der Waals surface area contributed by atoms with E-state index in [1.807, 2.05) is 0 Å². The Morgan fingerprint density at radius 1 is 0.931 bits per heavy atom. The standard InChI is InChI=1S/C17H29BrN.C6H11NO3/c18-14-10-7-5-3-1-2-4-6-8-11-15-19-16-12-9-13-17-19;1-4(6(9)10)5(7)2-3-8/h9,12-13,16-17H,1-8,10-11,14-15H2;8H,2-3,7H2,1H3,(H,9,10)/q+1;/p-1. The van der Waals surface area contributed by atoms with Crippen molar-refractivity contribution in [3.05, 3.63) is 41.9 Å². The summed E-state index contributed by atoms with van der Waals surface area (Å²) in [5, 5.41) is 19.6. The van der Waals surface area contributed by atoms with Gasteiger partial charge in [-0.25, -0.2) is 4.57 Å². The zero-order chi connectivity index (χ0) is 21.7. The van der Waals surface area contributed by atoms with Gasteiger partial charge >= 0.3 is 0 Å². The van der Waals surface area contributed by atoms with Gasteiger partial charge in [0.05, 0.1) is 5.97 Å². The molecule has 0 fully saturated rings. The highest BCUT2D eigenvalue weighted by molar-refractivity contribution is 9.09. The molecule has 0 bridgehead atoms. The Morgan fingerprint density at radius 2 is 1.41 bits per heavy atom. The van der Waals surface area contributed by atoms with Gasteiger partial charge in [0.2, 0.25) is 0 Å². The van der Waals surface area contributed by atoms with Crippen molar-refractivity contribution in [1.29, 1.82) is 0 Å². The molecule has 0 atom stereocenters. The van der Waals surface area contributed by atoms with Crippen molar-refractivity contribution in [3.8, 4) is 0 Å². The van der Waals surface area contributed by atoms with Crippen LogP contribution in [0.25, 0.3) is 0 Å². The summed E-state index contributed by atoms with van der Waals surface area (Å²) in [6, 6.07) is 6.29. The molecule has 0 radical (unpaired) electrons. The number of hydrogen-bond donors (Lipinski definition) is 2. The fraction of sp³-hybridized carbons (Fsp3) is 0.652. The number of rotatable bonds is 15. The first-order valence-electron chi connectivity index (χ1n) is 10.8. The van der Waals surface area contributed by atoms with Crippen LogP contribution in [0.5, 0.6) is 0 Å². The molecule has 1 aromatic rings. The highest BCUT2D eigenvalue weighted by Crippen LogP contribution is 2.11. The van der Waals surface area contributed by atoms with Crippen molar-refractivity contribution in [2.45, 2.75) is 84.1 Å². The lowest BCUT2D eigenvalue weighted by molar-refractivity contribution is -0.697. The average Bonchev–Trinajstić information content (AvgIpc) is 2.72. The van der Waals surface area contributed by atoms with Gasteiger partial charge in [-0.05, 0) is 25.3 Å². The quantitative estimate of drug-likeness (QED) is 0.177. The van der Waals surface area contributed by atoms with Crippen LogP contribution in [-0.2, 0) is 11.3 Å². The molecule has 1 rings (SSSR count). The van der Waals surface area contributed by atoms with Crippen LogP contribution in [0.3, 0.4) is 0 Å². The summed E-state index contributed by atoms with van der Waals surface area (Å²) in [7, 11) is 0. The van der Waals surface area contributed by atoms with E-state index in [1.54, 1.807) is 0 Å². The SMILES string of the molecule is BrCCCCCCCCCCCC[n+]1ccccc1.CC(C(=O)[O-])=C(N)CCO. The summed E-state index contributed by atoms with van der Waals surface area (Å²) < 4.78 is 2.28. The zero-order valence-corrected chi connectivity index (χ0v) is 19.5. The summed E-state index contributed by atoms with van der Waals surface area (Å²) >= 11 is 3.48. The molecule has 0 unspecified atom stereocenters. The predicted octanol–water partition coefficient (Wildman–Crippen LogP) is 3.62. The number of carbonyl (C=O) groups excluding carboxylic acids is 1. The second-order valence-corrected chi connectivity index (χ2v) is 8.04. The van der Waals surface area contributed by atoms with Crippen LogP contribution in [0.4, 0.5) is 0 Å². The monoisotopic (exact) mass is 470 g/mol. The first kappa shape index (κ1) is 27.6. The molecule has 0 aliphatic carbocycles. The Labute approximate surface area is 185 Å². The number of unbranched alkanes of at least 4 members (excludes halogenated alkanes) is 9. The normalized spacial score (nSPS) is 11.4. The highest BCUT2D eigenvalue weighted by atomic mass is 79.9. The third-order valence-corrected chi connectivity index (χ3v) is 5.31. The molecule has 3 N–H and O–H groups in total. The van der Waals surface area contributed by atoms with Crippen LogP contribution in [-0.4, -0.2) is 23.0 Å². The summed E-state index contributed by atoms with van der Waals surface area (Å²) in [5.41, 5.74) is 5.39. The molecule has 6 heteroatoms. The van der Waals surface area contributed by atoms with Crippen LogP contribution in [0.2, 0.25) is 0 Å². The number of carboxylic acids is 1. The Kier molecular flexibility index (Phi) is 18.9. The number of aliphatic hydroxyl groups is 1. The van der Waals surface area contributed by atoms with E-state index in [1.165, 1.54) is 83.0 Å². The number of aliphatic hydroxyl groups excluding tert-OH is 1. The van der Waals surface area contributed by atoms with Gasteiger partial charge in [0.1, 0.15) is 6.54 Å². The smallest absolute Gasteiger partial charge is 0.168 e. The molecule has 1 aromatic heterocycles. The lowest BCUT2D eigenvalue weighted by Gasteiger charge is -2.05. The number of aliphatic carboxylic acids is 1. The predicted molar refractivity (Wildman–Crippen MR) is 120 cm³/mol. The Morgan fingerprint density at radius 3 is 1.86 bits per heavy atom. The third-order valence-electron chi connectivity index (χ3n) is 4.75. The molecule has 0 aromatic carbocycles. The number of alkyl halides is 1. The van der Waals surface area contributed by atoms with Crippen molar-refractivity contribution in [2.75, 3.05) is 11.9 Å². The zero-order valence-electron chi connectivity index (χ0n) is 18.0. The van der Waals surface area contributed by atoms with E-state index >= 15 is 0 Å². The summed E-state index contributed by atoms with van der Waals surface area (Å²) in [6.07, 6.45) is 18.5. The molecule has 0 saturated heterocycles. The van der Waals surface area contributed by atoms with Crippen LogP contribution < -0.4 is 15.4 Å². The maximum atomic E-state index is 10.1.